The van der Waals surface area contributed by atoms with Crippen LogP contribution in [0.25, 0.3) is 5.95 Å². The predicted octanol–water partition coefficient (Wildman–Crippen LogP) is 4.02. The second kappa shape index (κ2) is 8.68. The molecule has 3 aromatic heterocycles. The third kappa shape index (κ3) is 4.49. The Bertz CT molecular complexity index is 1070. The van der Waals surface area contributed by atoms with Gasteiger partial charge in [-0.05, 0) is 37.5 Å². The Hall–Kier alpha value is -3.30. The molecule has 1 amide bonds. The molecular weight excluding hydrogens is 421 g/mol. The van der Waals surface area contributed by atoms with E-state index in [4.69, 9.17) is 0 Å². The number of aromatic nitrogens is 5. The molecule has 3 heterocycles. The van der Waals surface area contributed by atoms with E-state index in [0.717, 1.165) is 54.2 Å². The van der Waals surface area contributed by atoms with Gasteiger partial charge < -0.3 is 5.32 Å². The van der Waals surface area contributed by atoms with E-state index in [0.29, 0.717) is 0 Å². The van der Waals surface area contributed by atoms with Crippen molar-refractivity contribution < 1.29 is 18.0 Å². The van der Waals surface area contributed by atoms with Crippen LogP contribution in [0.2, 0.25) is 0 Å². The molecule has 7 nitrogen and oxygen atoms in total. The molecule has 4 rings (SSSR count). The smallest absolute Gasteiger partial charge is 0.351 e. The molecular formula is C22H23F3N6O. The van der Waals surface area contributed by atoms with Gasteiger partial charge in [-0.2, -0.15) is 18.3 Å². The van der Waals surface area contributed by atoms with Crippen LogP contribution in [0.4, 0.5) is 13.2 Å². The van der Waals surface area contributed by atoms with E-state index in [1.54, 1.807) is 6.20 Å². The summed E-state index contributed by atoms with van der Waals surface area (Å²) in [4.78, 5) is 25.1. The third-order valence-corrected chi connectivity index (χ3v) is 5.91. The highest BCUT2D eigenvalue weighted by Crippen LogP contribution is 2.39. The SMILES string of the molecule is Cc1ccc(C2(CNC(=O)c3cn(-c4ncccn4)nc3C(F)(F)F)CCCCC2)cn1. The standard InChI is InChI=1S/C22H23F3N6O/c1-15-6-7-16(12-28-15)21(8-3-2-4-9-21)14-29-19(32)17-13-31(20-26-10-5-11-27-20)30-18(17)22(23,24)25/h5-7,10-13H,2-4,8-9,14H2,1H3,(H,29,32). The zero-order valence-electron chi connectivity index (χ0n) is 17.6. The van der Waals surface area contributed by atoms with E-state index in [9.17, 15) is 18.0 Å². The molecule has 0 unspecified atom stereocenters. The Morgan fingerprint density at radius 1 is 1.12 bits per heavy atom. The number of pyridine rings is 1. The molecule has 1 N–H and O–H groups in total. The molecule has 0 radical (unpaired) electrons. The minimum atomic E-state index is -4.80. The van der Waals surface area contributed by atoms with Crippen molar-refractivity contribution in [3.8, 4) is 5.95 Å². The molecule has 32 heavy (non-hydrogen) atoms. The van der Waals surface area contributed by atoms with Gasteiger partial charge in [-0.3, -0.25) is 9.78 Å². The van der Waals surface area contributed by atoms with Crippen LogP contribution in [-0.4, -0.2) is 37.2 Å². The second-order valence-electron chi connectivity index (χ2n) is 8.09. The maximum atomic E-state index is 13.6. The summed E-state index contributed by atoms with van der Waals surface area (Å²) in [6.07, 6.45) is 5.55. The van der Waals surface area contributed by atoms with Gasteiger partial charge in [-0.1, -0.05) is 25.3 Å². The Balaban J connectivity index is 1.61. The fraction of sp³-hybridized carbons (Fsp3) is 0.409. The lowest BCUT2D eigenvalue weighted by atomic mass is 9.69. The Morgan fingerprint density at radius 3 is 2.47 bits per heavy atom. The average Bonchev–Trinajstić information content (AvgIpc) is 3.26. The number of aryl methyl sites for hydroxylation is 1. The molecule has 0 aliphatic heterocycles. The number of rotatable bonds is 5. The first-order valence-electron chi connectivity index (χ1n) is 10.4. The van der Waals surface area contributed by atoms with Crippen LogP contribution in [0.3, 0.4) is 0 Å². The van der Waals surface area contributed by atoms with Crippen molar-refractivity contribution in [1.29, 1.82) is 0 Å². The highest BCUT2D eigenvalue weighted by Gasteiger charge is 2.40. The van der Waals surface area contributed by atoms with E-state index in [1.165, 1.54) is 18.5 Å². The molecule has 1 aliphatic carbocycles. The van der Waals surface area contributed by atoms with Crippen LogP contribution in [0.15, 0.2) is 43.0 Å². The van der Waals surface area contributed by atoms with Crippen molar-refractivity contribution in [2.45, 2.75) is 50.6 Å². The number of hydrogen-bond acceptors (Lipinski definition) is 5. The fourth-order valence-corrected chi connectivity index (χ4v) is 4.18. The lowest BCUT2D eigenvalue weighted by molar-refractivity contribution is -0.141. The zero-order chi connectivity index (χ0) is 22.8. The van der Waals surface area contributed by atoms with E-state index < -0.39 is 23.3 Å². The van der Waals surface area contributed by atoms with Crippen molar-refractivity contribution in [2.75, 3.05) is 6.54 Å². The molecule has 3 aromatic rings. The van der Waals surface area contributed by atoms with Gasteiger partial charge in [-0.25, -0.2) is 14.6 Å². The molecule has 0 saturated heterocycles. The maximum absolute atomic E-state index is 13.6. The van der Waals surface area contributed by atoms with Crippen molar-refractivity contribution in [1.82, 2.24) is 30.0 Å². The summed E-state index contributed by atoms with van der Waals surface area (Å²) in [5, 5.41) is 6.29. The lowest BCUT2D eigenvalue weighted by Gasteiger charge is -2.38. The highest BCUT2D eigenvalue weighted by molar-refractivity contribution is 5.95. The number of carbonyl (C=O) groups excluding carboxylic acids is 1. The molecule has 168 valence electrons. The van der Waals surface area contributed by atoms with E-state index in [-0.39, 0.29) is 17.9 Å². The molecule has 0 atom stereocenters. The lowest BCUT2D eigenvalue weighted by Crippen LogP contribution is -2.42. The second-order valence-corrected chi connectivity index (χ2v) is 8.09. The Morgan fingerprint density at radius 2 is 1.84 bits per heavy atom. The van der Waals surface area contributed by atoms with Gasteiger partial charge in [0, 0.05) is 42.4 Å². The minimum Gasteiger partial charge on any atom is -0.351 e. The molecule has 1 fully saturated rings. The summed E-state index contributed by atoms with van der Waals surface area (Å²) >= 11 is 0. The molecule has 0 aromatic carbocycles. The Labute approximate surface area is 183 Å². The number of halogens is 3. The fourth-order valence-electron chi connectivity index (χ4n) is 4.18. The van der Waals surface area contributed by atoms with Crippen LogP contribution >= 0.6 is 0 Å². The summed E-state index contributed by atoms with van der Waals surface area (Å²) in [6.45, 7) is 2.12. The van der Waals surface area contributed by atoms with E-state index in [2.05, 4.69) is 25.4 Å². The normalized spacial score (nSPS) is 16.0. The molecule has 10 heteroatoms. The summed E-state index contributed by atoms with van der Waals surface area (Å²) in [6, 6.07) is 5.44. The first-order valence-corrected chi connectivity index (χ1v) is 10.4. The van der Waals surface area contributed by atoms with Crippen LogP contribution in [0.5, 0.6) is 0 Å². The van der Waals surface area contributed by atoms with Gasteiger partial charge in [0.2, 0.25) is 5.95 Å². The van der Waals surface area contributed by atoms with Crippen LogP contribution < -0.4 is 5.32 Å². The molecule has 1 aliphatic rings. The monoisotopic (exact) mass is 444 g/mol. The Kier molecular flexibility index (Phi) is 5.94. The first kappa shape index (κ1) is 21.9. The topological polar surface area (TPSA) is 85.6 Å². The van der Waals surface area contributed by atoms with Gasteiger partial charge >= 0.3 is 6.18 Å². The quantitative estimate of drug-likeness (QED) is 0.643. The number of nitrogens with zero attached hydrogens (tertiary/aromatic N) is 5. The van der Waals surface area contributed by atoms with Gasteiger partial charge in [0.05, 0.1) is 5.56 Å². The maximum Gasteiger partial charge on any atom is 0.435 e. The van der Waals surface area contributed by atoms with Gasteiger partial charge in [0.1, 0.15) is 0 Å². The number of amides is 1. The first-order chi connectivity index (χ1) is 15.3. The van der Waals surface area contributed by atoms with Gasteiger partial charge in [0.15, 0.2) is 5.69 Å². The van der Waals surface area contributed by atoms with Gasteiger partial charge in [-0.15, -0.1) is 0 Å². The summed E-state index contributed by atoms with van der Waals surface area (Å²) in [5.41, 5.74) is -0.303. The number of alkyl halides is 3. The van der Waals surface area contributed by atoms with Crippen molar-refractivity contribution in [3.63, 3.8) is 0 Å². The van der Waals surface area contributed by atoms with Crippen molar-refractivity contribution >= 4 is 5.91 Å². The number of carbonyl (C=O) groups is 1. The van der Waals surface area contributed by atoms with E-state index in [1.807, 2.05) is 19.1 Å². The van der Waals surface area contributed by atoms with Crippen molar-refractivity contribution in [2.24, 2.45) is 0 Å². The van der Waals surface area contributed by atoms with Crippen LogP contribution in [0.1, 0.15) is 59.4 Å². The highest BCUT2D eigenvalue weighted by atomic mass is 19.4. The largest absolute Gasteiger partial charge is 0.435 e. The molecule has 1 saturated carbocycles. The number of hydrogen-bond donors (Lipinski definition) is 1. The zero-order valence-corrected chi connectivity index (χ0v) is 17.6. The van der Waals surface area contributed by atoms with Crippen LogP contribution in [-0.2, 0) is 11.6 Å². The average molecular weight is 444 g/mol. The predicted molar refractivity (Wildman–Crippen MR) is 110 cm³/mol. The third-order valence-electron chi connectivity index (χ3n) is 5.91. The number of nitrogens with one attached hydrogen (secondary N) is 1. The van der Waals surface area contributed by atoms with Crippen LogP contribution in [0, 0.1) is 6.92 Å². The molecule has 0 bridgehead atoms. The minimum absolute atomic E-state index is 0.0495. The summed E-state index contributed by atoms with van der Waals surface area (Å²) in [7, 11) is 0. The van der Waals surface area contributed by atoms with E-state index >= 15 is 0 Å². The molecule has 0 spiro atoms. The summed E-state index contributed by atoms with van der Waals surface area (Å²) < 4.78 is 41.7. The van der Waals surface area contributed by atoms with Gasteiger partial charge in [0.25, 0.3) is 5.91 Å². The summed E-state index contributed by atoms with van der Waals surface area (Å²) in [5.74, 6) is -0.879. The van der Waals surface area contributed by atoms with Crippen molar-refractivity contribution in [3.05, 3.63) is 65.5 Å².